The highest BCUT2D eigenvalue weighted by molar-refractivity contribution is 5.72. The smallest absolute Gasteiger partial charge is 0.327 e. The normalized spacial score (nSPS) is 20.5. The first-order valence-corrected chi connectivity index (χ1v) is 8.96. The fourth-order valence-corrected chi connectivity index (χ4v) is 3.86. The highest BCUT2D eigenvalue weighted by atomic mass is 19.1. The zero-order chi connectivity index (χ0) is 18.5. The van der Waals surface area contributed by atoms with Crippen molar-refractivity contribution in [3.8, 4) is 11.5 Å². The summed E-state index contributed by atoms with van der Waals surface area (Å²) < 4.78 is 17.0. The summed E-state index contributed by atoms with van der Waals surface area (Å²) in [4.78, 5) is 28.6. The molecule has 0 atom stereocenters. The minimum absolute atomic E-state index is 0.0634. The molecule has 1 aliphatic rings. The third-order valence-corrected chi connectivity index (χ3v) is 5.26. The van der Waals surface area contributed by atoms with Crippen LogP contribution in [0.15, 0.2) is 35.5 Å². The molecule has 0 radical (unpaired) electrons. The maximum atomic E-state index is 13.7. The third kappa shape index (κ3) is 2.62. The third-order valence-electron chi connectivity index (χ3n) is 5.26. The minimum Gasteiger partial charge on any atom is -0.328 e. The van der Waals surface area contributed by atoms with Gasteiger partial charge in [-0.2, -0.15) is 0 Å². The zero-order valence-electron chi connectivity index (χ0n) is 14.5. The Kier molecular flexibility index (Phi) is 3.57. The molecule has 0 spiro atoms. The van der Waals surface area contributed by atoms with E-state index in [1.807, 2.05) is 0 Å². The number of H-pyrrole nitrogens is 1. The molecule has 8 nitrogen and oxygen atoms in total. The summed E-state index contributed by atoms with van der Waals surface area (Å²) in [5.41, 5.74) is 8.10. The number of rotatable bonds is 2. The molecule has 5 rings (SSSR count). The van der Waals surface area contributed by atoms with Gasteiger partial charge in [0.1, 0.15) is 22.7 Å². The molecule has 1 aliphatic carbocycles. The van der Waals surface area contributed by atoms with Crippen LogP contribution in [0.5, 0.6) is 0 Å². The molecule has 0 aliphatic heterocycles. The Morgan fingerprint density at radius 1 is 1.15 bits per heavy atom. The molecule has 1 fully saturated rings. The van der Waals surface area contributed by atoms with E-state index in [4.69, 9.17) is 5.73 Å². The molecule has 138 valence electrons. The number of fused-ring (bicyclic) bond motifs is 2. The van der Waals surface area contributed by atoms with Crippen molar-refractivity contribution in [2.24, 2.45) is 5.73 Å². The van der Waals surface area contributed by atoms with E-state index in [1.165, 1.54) is 12.3 Å². The van der Waals surface area contributed by atoms with Crippen molar-refractivity contribution in [1.82, 2.24) is 28.9 Å². The number of aromatic amines is 1. The van der Waals surface area contributed by atoms with E-state index in [2.05, 4.69) is 19.9 Å². The first-order valence-electron chi connectivity index (χ1n) is 8.96. The van der Waals surface area contributed by atoms with E-state index in [1.54, 1.807) is 27.4 Å². The summed E-state index contributed by atoms with van der Waals surface area (Å²) in [6.07, 6.45) is 7.98. The number of nitrogens with two attached hydrogens (primary N) is 1. The predicted octanol–water partition coefficient (Wildman–Crippen LogP) is 2.02. The molecule has 0 aromatic carbocycles. The summed E-state index contributed by atoms with van der Waals surface area (Å²) in [5.74, 6) is 0.0146. The fraction of sp³-hybridized carbons (Fsp3) is 0.333. The molecule has 9 heteroatoms. The average molecular weight is 367 g/mol. The molecular weight excluding hydrogens is 349 g/mol. The lowest BCUT2D eigenvalue weighted by atomic mass is 9.92. The first kappa shape index (κ1) is 16.1. The topological polar surface area (TPSA) is 107 Å². The van der Waals surface area contributed by atoms with Crippen molar-refractivity contribution in [2.45, 2.75) is 37.8 Å². The number of aromatic nitrogens is 6. The van der Waals surface area contributed by atoms with E-state index in [-0.39, 0.29) is 23.6 Å². The quantitative estimate of drug-likeness (QED) is 0.564. The largest absolute Gasteiger partial charge is 0.328 e. The standard InChI is InChI=1S/C18H18FN7O/c19-10-1-6-15-21-8-14(25(15)9-10)16-22-7-13-17(24-16)26(18(27)23-13)12-4-2-11(20)3-5-12/h1,6-9,11-12H,2-5,20H2,(H,23,27)/t11-,12-. The Balaban J connectivity index is 1.65. The molecule has 3 N–H and O–H groups in total. The lowest BCUT2D eigenvalue weighted by Gasteiger charge is -2.26. The predicted molar refractivity (Wildman–Crippen MR) is 97.8 cm³/mol. The van der Waals surface area contributed by atoms with Crippen LogP contribution in [0.3, 0.4) is 0 Å². The summed E-state index contributed by atoms with van der Waals surface area (Å²) >= 11 is 0. The van der Waals surface area contributed by atoms with Crippen LogP contribution in [-0.2, 0) is 0 Å². The van der Waals surface area contributed by atoms with Gasteiger partial charge in [-0.1, -0.05) is 0 Å². The lowest BCUT2D eigenvalue weighted by Crippen LogP contribution is -2.31. The number of nitrogens with one attached hydrogen (secondary N) is 1. The number of nitrogens with zero attached hydrogens (tertiary/aromatic N) is 5. The van der Waals surface area contributed by atoms with E-state index in [0.717, 1.165) is 25.7 Å². The van der Waals surface area contributed by atoms with Crippen LogP contribution in [0, 0.1) is 5.82 Å². The summed E-state index contributed by atoms with van der Waals surface area (Å²) in [7, 11) is 0. The second kappa shape index (κ2) is 5.98. The van der Waals surface area contributed by atoms with Crippen LogP contribution < -0.4 is 11.4 Å². The maximum Gasteiger partial charge on any atom is 0.327 e. The van der Waals surface area contributed by atoms with E-state index in [0.29, 0.717) is 28.3 Å². The van der Waals surface area contributed by atoms with Crippen LogP contribution >= 0.6 is 0 Å². The molecule has 27 heavy (non-hydrogen) atoms. The van der Waals surface area contributed by atoms with Gasteiger partial charge in [-0.05, 0) is 37.8 Å². The Morgan fingerprint density at radius 3 is 2.78 bits per heavy atom. The molecule has 1 saturated carbocycles. The first-order chi connectivity index (χ1) is 13.1. The van der Waals surface area contributed by atoms with Crippen LogP contribution in [-0.4, -0.2) is 34.9 Å². The fourth-order valence-electron chi connectivity index (χ4n) is 3.86. The number of hydrogen-bond acceptors (Lipinski definition) is 5. The Bertz CT molecular complexity index is 1200. The number of halogens is 1. The van der Waals surface area contributed by atoms with Gasteiger partial charge in [0.15, 0.2) is 11.5 Å². The van der Waals surface area contributed by atoms with E-state index >= 15 is 0 Å². The SMILES string of the molecule is N[C@H]1CC[C@H](n2c(=O)[nH]c3cnc(-c4cnc5ccc(F)cn45)nc32)CC1. The van der Waals surface area contributed by atoms with Crippen molar-refractivity contribution < 1.29 is 4.39 Å². The van der Waals surface area contributed by atoms with Gasteiger partial charge < -0.3 is 10.7 Å². The number of pyridine rings is 1. The second-order valence-electron chi connectivity index (χ2n) is 7.02. The van der Waals surface area contributed by atoms with Gasteiger partial charge in [0, 0.05) is 18.3 Å². The van der Waals surface area contributed by atoms with Crippen molar-refractivity contribution in [1.29, 1.82) is 0 Å². The van der Waals surface area contributed by atoms with Gasteiger partial charge in [-0.15, -0.1) is 0 Å². The van der Waals surface area contributed by atoms with Crippen LogP contribution in [0.1, 0.15) is 31.7 Å². The summed E-state index contributed by atoms with van der Waals surface area (Å²) in [5, 5.41) is 0. The van der Waals surface area contributed by atoms with Gasteiger partial charge >= 0.3 is 5.69 Å². The molecule has 0 amide bonds. The molecule has 4 heterocycles. The summed E-state index contributed by atoms with van der Waals surface area (Å²) in [6.45, 7) is 0. The van der Waals surface area contributed by atoms with Crippen LogP contribution in [0.2, 0.25) is 0 Å². The monoisotopic (exact) mass is 367 g/mol. The number of imidazole rings is 2. The van der Waals surface area contributed by atoms with Gasteiger partial charge in [0.05, 0.1) is 12.4 Å². The highest BCUT2D eigenvalue weighted by Gasteiger charge is 2.24. The molecular formula is C18H18FN7O. The van der Waals surface area contributed by atoms with Crippen LogP contribution in [0.4, 0.5) is 4.39 Å². The van der Waals surface area contributed by atoms with Gasteiger partial charge in [0.2, 0.25) is 0 Å². The van der Waals surface area contributed by atoms with Gasteiger partial charge in [-0.3, -0.25) is 8.97 Å². The lowest BCUT2D eigenvalue weighted by molar-refractivity contribution is 0.323. The average Bonchev–Trinajstić information content (AvgIpc) is 3.22. The molecule has 4 aromatic rings. The number of hydrogen-bond donors (Lipinski definition) is 2. The zero-order valence-corrected chi connectivity index (χ0v) is 14.5. The van der Waals surface area contributed by atoms with Gasteiger partial charge in [-0.25, -0.2) is 24.1 Å². The van der Waals surface area contributed by atoms with Crippen molar-refractivity contribution in [3.05, 3.63) is 47.0 Å². The Hall–Kier alpha value is -3.07. The highest BCUT2D eigenvalue weighted by Crippen LogP contribution is 2.29. The molecule has 0 unspecified atom stereocenters. The van der Waals surface area contributed by atoms with Gasteiger partial charge in [0.25, 0.3) is 0 Å². The molecule has 4 aromatic heterocycles. The van der Waals surface area contributed by atoms with Crippen molar-refractivity contribution >= 4 is 16.8 Å². The van der Waals surface area contributed by atoms with Crippen molar-refractivity contribution in [3.63, 3.8) is 0 Å². The second-order valence-corrected chi connectivity index (χ2v) is 7.02. The molecule has 0 saturated heterocycles. The van der Waals surface area contributed by atoms with E-state index < -0.39 is 0 Å². The van der Waals surface area contributed by atoms with Crippen molar-refractivity contribution in [2.75, 3.05) is 0 Å². The van der Waals surface area contributed by atoms with Crippen LogP contribution in [0.25, 0.3) is 28.3 Å². The minimum atomic E-state index is -0.375. The Morgan fingerprint density at radius 2 is 1.96 bits per heavy atom. The Labute approximate surface area is 152 Å². The summed E-state index contributed by atoms with van der Waals surface area (Å²) in [6, 6.07) is 3.21. The molecule has 0 bridgehead atoms. The van der Waals surface area contributed by atoms with E-state index in [9.17, 15) is 9.18 Å². The maximum absolute atomic E-state index is 13.7.